The van der Waals surface area contributed by atoms with Gasteiger partial charge < -0.3 is 9.63 Å². The number of aliphatic carboxylic acids is 1. The Hall–Kier alpha value is -0.730. The van der Waals surface area contributed by atoms with Crippen LogP contribution >= 0.6 is 9.47 Å². The highest BCUT2D eigenvalue weighted by Crippen LogP contribution is 2.58. The van der Waals surface area contributed by atoms with Crippen LogP contribution in [-0.4, -0.2) is 23.0 Å². The Kier molecular flexibility index (Phi) is 4.92. The highest BCUT2D eigenvalue weighted by atomic mass is 31.0. The fourth-order valence-electron chi connectivity index (χ4n) is 5.41. The van der Waals surface area contributed by atoms with Crippen LogP contribution in [0.2, 0.25) is 0 Å². The zero-order chi connectivity index (χ0) is 17.5. The highest BCUT2D eigenvalue weighted by molar-refractivity contribution is 7.09. The van der Waals surface area contributed by atoms with Crippen LogP contribution in [0.5, 0.6) is 0 Å². The highest BCUT2D eigenvalue weighted by Gasteiger charge is 2.56. The van der Waals surface area contributed by atoms with E-state index < -0.39 is 11.4 Å². The first-order chi connectivity index (χ1) is 11.3. The van der Waals surface area contributed by atoms with Crippen LogP contribution < -0.4 is 0 Å². The third-order valence-electron chi connectivity index (χ3n) is 7.13. The van der Waals surface area contributed by atoms with Gasteiger partial charge in [-0.2, -0.15) is 0 Å². The molecule has 6 atom stereocenters. The fraction of sp³-hybridized carbons (Fsp3) is 0.789. The van der Waals surface area contributed by atoms with E-state index >= 15 is 0 Å². The van der Waals surface area contributed by atoms with E-state index in [1.807, 2.05) is 6.08 Å². The van der Waals surface area contributed by atoms with Crippen LogP contribution in [0.3, 0.4) is 0 Å². The van der Waals surface area contributed by atoms with E-state index in [4.69, 9.17) is 4.52 Å². The van der Waals surface area contributed by atoms with Crippen LogP contribution in [-0.2, 0) is 14.1 Å². The smallest absolute Gasteiger partial charge is 0.317 e. The lowest BCUT2D eigenvalue weighted by Gasteiger charge is -2.45. The molecule has 0 amide bonds. The van der Waals surface area contributed by atoms with Gasteiger partial charge in [-0.05, 0) is 67.8 Å². The molecular weight excluding hydrogens is 323 g/mol. The lowest BCUT2D eigenvalue weighted by Crippen LogP contribution is -2.41. The minimum Gasteiger partial charge on any atom is -0.480 e. The Morgan fingerprint density at radius 3 is 2.54 bits per heavy atom. The zero-order valence-electron chi connectivity index (χ0n) is 14.7. The van der Waals surface area contributed by atoms with Gasteiger partial charge in [0, 0.05) is 9.47 Å². The molecule has 134 valence electrons. The first-order valence-corrected chi connectivity index (χ1v) is 9.64. The third-order valence-corrected chi connectivity index (χ3v) is 7.48. The van der Waals surface area contributed by atoms with Crippen molar-refractivity contribution in [3.63, 3.8) is 0 Å². The summed E-state index contributed by atoms with van der Waals surface area (Å²) in [5, 5.41) is 9.23. The molecule has 0 radical (unpaired) electrons. The van der Waals surface area contributed by atoms with E-state index in [-0.39, 0.29) is 17.1 Å². The molecule has 24 heavy (non-hydrogen) atoms. The first kappa shape index (κ1) is 18.1. The molecule has 0 saturated heterocycles. The van der Waals surface area contributed by atoms with Crippen molar-refractivity contribution in [2.24, 2.45) is 28.6 Å². The lowest BCUT2D eigenvalue weighted by molar-refractivity contribution is -0.146. The number of hydrogen-bond donors (Lipinski definition) is 1. The minimum absolute atomic E-state index is 0.226. The lowest BCUT2D eigenvalue weighted by atomic mass is 9.62. The average Bonchev–Trinajstić information content (AvgIpc) is 3.29. The van der Waals surface area contributed by atoms with E-state index in [2.05, 4.69) is 23.3 Å². The monoisotopic (exact) mass is 352 g/mol. The molecule has 0 aromatic heterocycles. The second-order valence-electron chi connectivity index (χ2n) is 8.33. The molecule has 4 unspecified atom stereocenters. The molecule has 0 spiro atoms. The molecular formula is C19H29O4P. The molecule has 0 aliphatic heterocycles. The number of carboxylic acid groups (broad SMARTS) is 1. The summed E-state index contributed by atoms with van der Waals surface area (Å²) in [6.45, 7) is 4.56. The largest absolute Gasteiger partial charge is 0.480 e. The van der Waals surface area contributed by atoms with Gasteiger partial charge in [-0.1, -0.05) is 26.3 Å². The van der Waals surface area contributed by atoms with Gasteiger partial charge in [0.1, 0.15) is 5.41 Å². The van der Waals surface area contributed by atoms with Gasteiger partial charge in [0.05, 0.1) is 6.10 Å². The Labute approximate surface area is 146 Å². The third kappa shape index (κ3) is 2.86. The summed E-state index contributed by atoms with van der Waals surface area (Å²) in [4.78, 5) is 23.5. The maximum absolute atomic E-state index is 12.3. The number of rotatable bonds is 6. The van der Waals surface area contributed by atoms with Crippen molar-refractivity contribution in [2.45, 2.75) is 64.9 Å². The number of hydrogen-bond acceptors (Lipinski definition) is 3. The van der Waals surface area contributed by atoms with E-state index in [1.54, 1.807) is 6.08 Å². The van der Waals surface area contributed by atoms with Crippen LogP contribution in [0.15, 0.2) is 12.2 Å². The van der Waals surface area contributed by atoms with Gasteiger partial charge in [-0.3, -0.25) is 9.59 Å². The Morgan fingerprint density at radius 2 is 1.96 bits per heavy atom. The van der Waals surface area contributed by atoms with Gasteiger partial charge in [0.2, 0.25) is 0 Å². The van der Waals surface area contributed by atoms with Crippen LogP contribution in [0.4, 0.5) is 0 Å². The molecule has 3 aliphatic rings. The van der Waals surface area contributed by atoms with E-state index in [0.29, 0.717) is 30.8 Å². The topological polar surface area (TPSA) is 63.6 Å². The van der Waals surface area contributed by atoms with Crippen LogP contribution in [0, 0.1) is 28.6 Å². The Bertz CT molecular complexity index is 554. The van der Waals surface area contributed by atoms with Gasteiger partial charge >= 0.3 is 5.97 Å². The summed E-state index contributed by atoms with van der Waals surface area (Å²) in [7, 11) is 2.44. The zero-order valence-corrected chi connectivity index (χ0v) is 15.8. The summed E-state index contributed by atoms with van der Waals surface area (Å²) in [6, 6.07) is 0. The summed E-state index contributed by atoms with van der Waals surface area (Å²) < 4.78 is 5.66. The van der Waals surface area contributed by atoms with Gasteiger partial charge in [-0.25, -0.2) is 0 Å². The predicted octanol–water partition coefficient (Wildman–Crippen LogP) is 4.00. The molecule has 3 fully saturated rings. The van der Waals surface area contributed by atoms with Crippen molar-refractivity contribution in [3.05, 3.63) is 12.2 Å². The molecule has 0 heterocycles. The van der Waals surface area contributed by atoms with E-state index in [9.17, 15) is 14.7 Å². The molecule has 0 aromatic carbocycles. The van der Waals surface area contributed by atoms with Crippen molar-refractivity contribution in [3.8, 4) is 0 Å². The van der Waals surface area contributed by atoms with E-state index in [1.165, 1.54) is 19.3 Å². The van der Waals surface area contributed by atoms with Crippen LogP contribution in [0.1, 0.15) is 58.8 Å². The molecule has 0 bridgehead atoms. The summed E-state index contributed by atoms with van der Waals surface area (Å²) in [5.41, 5.74) is -0.849. The number of fused-ring (bicyclic) bond motifs is 1. The van der Waals surface area contributed by atoms with Gasteiger partial charge in [0.15, 0.2) is 5.78 Å². The second-order valence-corrected chi connectivity index (χ2v) is 8.60. The van der Waals surface area contributed by atoms with Gasteiger partial charge in [-0.15, -0.1) is 0 Å². The van der Waals surface area contributed by atoms with Crippen molar-refractivity contribution >= 4 is 21.2 Å². The van der Waals surface area contributed by atoms with Crippen molar-refractivity contribution in [2.75, 3.05) is 0 Å². The van der Waals surface area contributed by atoms with Crippen molar-refractivity contribution < 1.29 is 19.2 Å². The number of carbonyl (C=O) groups is 2. The number of ketones is 1. The number of carbonyl (C=O) groups excluding carboxylic acids is 1. The standard InChI is InChI=1S/C19H29O4P/c1-12(5-8-16(20)19(10-11-19)17(21)22)13-6-7-14-15(23-24)4-3-9-18(13,14)2/h5,8,12-15H,3-4,6-7,9-11,24H2,1-2H3,(H,21,22)/b8-5+/t12-,13?,14?,15?,18-/m1/s1. The molecule has 5 heteroatoms. The predicted molar refractivity (Wildman–Crippen MR) is 95.4 cm³/mol. The minimum atomic E-state index is -1.11. The average molecular weight is 352 g/mol. The Balaban J connectivity index is 1.69. The number of allylic oxidation sites excluding steroid dienone is 2. The van der Waals surface area contributed by atoms with Crippen LogP contribution in [0.25, 0.3) is 0 Å². The summed E-state index contributed by atoms with van der Waals surface area (Å²) in [5.74, 6) is 0.224. The van der Waals surface area contributed by atoms with Crippen molar-refractivity contribution in [1.29, 1.82) is 0 Å². The molecule has 0 aromatic rings. The van der Waals surface area contributed by atoms with Gasteiger partial charge in [0.25, 0.3) is 0 Å². The second kappa shape index (κ2) is 6.53. The molecule has 3 saturated carbocycles. The maximum atomic E-state index is 12.3. The number of carboxylic acids is 1. The quantitative estimate of drug-likeness (QED) is 0.446. The molecule has 3 aliphatic carbocycles. The Morgan fingerprint density at radius 1 is 1.25 bits per heavy atom. The SMILES string of the molecule is C[C@H](/C=C/C(=O)C1(C(=O)O)CC1)C1CCC2C(OP)CCC[C@@]21C. The molecule has 4 nitrogen and oxygen atoms in total. The summed E-state index contributed by atoms with van der Waals surface area (Å²) >= 11 is 0. The first-order valence-electron chi connectivity index (χ1n) is 9.17. The fourth-order valence-corrected chi connectivity index (χ4v) is 5.74. The van der Waals surface area contributed by atoms with E-state index in [0.717, 1.165) is 12.8 Å². The maximum Gasteiger partial charge on any atom is 0.317 e. The summed E-state index contributed by atoms with van der Waals surface area (Å²) in [6.07, 6.45) is 10.7. The van der Waals surface area contributed by atoms with Crippen molar-refractivity contribution in [1.82, 2.24) is 0 Å². The normalized spacial score (nSPS) is 38.7. The molecule has 3 rings (SSSR count). The molecule has 1 N–H and O–H groups in total.